The van der Waals surface area contributed by atoms with Crippen LogP contribution in [0.5, 0.6) is 0 Å². The van der Waals surface area contributed by atoms with Gasteiger partial charge in [0.05, 0.1) is 10.4 Å². The molecular weight excluding hydrogens is 334 g/mol. The van der Waals surface area contributed by atoms with Gasteiger partial charge in [-0.2, -0.15) is 5.26 Å². The monoisotopic (exact) mass is 363 g/mol. The van der Waals surface area contributed by atoms with E-state index in [1.54, 1.807) is 11.8 Å². The predicted octanol–water partition coefficient (Wildman–Crippen LogP) is 4.57. The van der Waals surface area contributed by atoms with Gasteiger partial charge in [0.2, 0.25) is 5.91 Å². The Kier molecular flexibility index (Phi) is 8.64. The highest BCUT2D eigenvalue weighted by Gasteiger charge is 2.25. The van der Waals surface area contributed by atoms with Crippen molar-refractivity contribution < 1.29 is 9.59 Å². The van der Waals surface area contributed by atoms with Crippen molar-refractivity contribution in [2.45, 2.75) is 60.3 Å². The van der Waals surface area contributed by atoms with Gasteiger partial charge in [0.1, 0.15) is 11.1 Å². The molecule has 1 heterocycles. The molecule has 0 saturated heterocycles. The number of nitriles is 1. The van der Waals surface area contributed by atoms with Crippen LogP contribution in [0.2, 0.25) is 0 Å². The van der Waals surface area contributed by atoms with Gasteiger partial charge in [-0.05, 0) is 39.2 Å². The first-order valence-electron chi connectivity index (χ1n) is 9.08. The zero-order valence-electron chi connectivity index (χ0n) is 15.9. The van der Waals surface area contributed by atoms with Crippen LogP contribution < -0.4 is 5.32 Å². The van der Waals surface area contributed by atoms with Crippen molar-refractivity contribution in [3.8, 4) is 6.07 Å². The molecular formula is C19H29N3O2S. The zero-order valence-corrected chi connectivity index (χ0v) is 16.8. The van der Waals surface area contributed by atoms with Crippen molar-refractivity contribution in [3.05, 3.63) is 16.0 Å². The van der Waals surface area contributed by atoms with Crippen LogP contribution in [-0.4, -0.2) is 29.8 Å². The van der Waals surface area contributed by atoms with E-state index in [1.165, 1.54) is 11.3 Å². The molecule has 0 aliphatic carbocycles. The van der Waals surface area contributed by atoms with Gasteiger partial charge in [0.25, 0.3) is 5.91 Å². The van der Waals surface area contributed by atoms with Crippen molar-refractivity contribution >= 4 is 28.2 Å². The molecule has 0 fully saturated rings. The average Bonchev–Trinajstić information content (AvgIpc) is 2.91. The maximum absolute atomic E-state index is 12.6. The third kappa shape index (κ3) is 5.05. The van der Waals surface area contributed by atoms with E-state index in [9.17, 15) is 14.9 Å². The summed E-state index contributed by atoms with van der Waals surface area (Å²) in [5.74, 6) is -0.200. The largest absolute Gasteiger partial charge is 0.338 e. The molecule has 0 aliphatic heterocycles. The number of anilines is 1. The zero-order chi connectivity index (χ0) is 19.0. The van der Waals surface area contributed by atoms with Gasteiger partial charge < -0.3 is 10.2 Å². The van der Waals surface area contributed by atoms with E-state index in [2.05, 4.69) is 18.3 Å². The summed E-state index contributed by atoms with van der Waals surface area (Å²) in [6, 6.07) is 2.14. The van der Waals surface area contributed by atoms with E-state index in [0.717, 1.165) is 25.7 Å². The van der Waals surface area contributed by atoms with Gasteiger partial charge >= 0.3 is 0 Å². The third-order valence-corrected chi connectivity index (χ3v) is 5.71. The fourth-order valence-corrected chi connectivity index (χ4v) is 3.91. The van der Waals surface area contributed by atoms with E-state index in [1.807, 2.05) is 20.8 Å². The number of unbranched alkanes of at least 4 members (excludes halogenated alkanes) is 1. The second kappa shape index (κ2) is 10.2. The Hall–Kier alpha value is -1.87. The molecule has 0 spiro atoms. The van der Waals surface area contributed by atoms with Crippen molar-refractivity contribution in [1.29, 1.82) is 5.26 Å². The van der Waals surface area contributed by atoms with Crippen LogP contribution in [-0.2, 0) is 4.79 Å². The second-order valence-electron chi connectivity index (χ2n) is 6.09. The molecule has 6 heteroatoms. The number of carbonyl (C=O) groups is 2. The minimum absolute atomic E-state index is 0.0594. The molecule has 1 aromatic rings. The summed E-state index contributed by atoms with van der Waals surface area (Å²) in [7, 11) is 0. The molecule has 0 aromatic carbocycles. The number of nitrogens with one attached hydrogen (secondary N) is 1. The number of hydrogen-bond donors (Lipinski definition) is 1. The number of carbonyl (C=O) groups excluding carboxylic acids is 2. The highest BCUT2D eigenvalue weighted by atomic mass is 32.1. The lowest BCUT2D eigenvalue weighted by molar-refractivity contribution is -0.120. The Bertz CT molecular complexity index is 642. The lowest BCUT2D eigenvalue weighted by atomic mass is 9.98. The summed E-state index contributed by atoms with van der Waals surface area (Å²) < 4.78 is 0. The van der Waals surface area contributed by atoms with Gasteiger partial charge in [-0.25, -0.2) is 0 Å². The van der Waals surface area contributed by atoms with E-state index in [0.29, 0.717) is 34.1 Å². The number of rotatable bonds is 9. The standard InChI is InChI=1S/C19H29N3O2S/c1-6-10-11-14(7-2)17(23)21-18-15(12-20)13(5)16(25-18)19(24)22(8-3)9-4/h14H,6-11H2,1-5H3,(H,21,23)/t14-/m1/s1. The summed E-state index contributed by atoms with van der Waals surface area (Å²) in [6.07, 6.45) is 3.67. The number of thiophene rings is 1. The molecule has 1 N–H and O–H groups in total. The highest BCUT2D eigenvalue weighted by molar-refractivity contribution is 7.18. The number of hydrogen-bond acceptors (Lipinski definition) is 4. The fourth-order valence-electron chi connectivity index (χ4n) is 2.78. The maximum Gasteiger partial charge on any atom is 0.264 e. The van der Waals surface area contributed by atoms with Crippen molar-refractivity contribution in [2.75, 3.05) is 18.4 Å². The Morgan fingerprint density at radius 2 is 1.88 bits per heavy atom. The highest BCUT2D eigenvalue weighted by Crippen LogP contribution is 2.34. The normalized spacial score (nSPS) is 11.7. The Labute approximate surface area is 155 Å². The second-order valence-corrected chi connectivity index (χ2v) is 7.11. The van der Waals surface area contributed by atoms with E-state index in [-0.39, 0.29) is 17.7 Å². The molecule has 1 aromatic heterocycles. The van der Waals surface area contributed by atoms with Crippen LogP contribution in [0.4, 0.5) is 5.00 Å². The fraction of sp³-hybridized carbons (Fsp3) is 0.632. The summed E-state index contributed by atoms with van der Waals surface area (Å²) >= 11 is 1.21. The molecule has 25 heavy (non-hydrogen) atoms. The topological polar surface area (TPSA) is 73.2 Å². The van der Waals surface area contributed by atoms with Crippen molar-refractivity contribution in [2.24, 2.45) is 5.92 Å². The number of amides is 2. The SMILES string of the molecule is CCCC[C@@H](CC)C(=O)Nc1sc(C(=O)N(CC)CC)c(C)c1C#N. The maximum atomic E-state index is 12.6. The first-order chi connectivity index (χ1) is 11.9. The summed E-state index contributed by atoms with van der Waals surface area (Å²) in [6.45, 7) is 11.0. The molecule has 0 unspecified atom stereocenters. The van der Waals surface area contributed by atoms with Crippen LogP contribution in [0.3, 0.4) is 0 Å². The van der Waals surface area contributed by atoms with Gasteiger partial charge in [0, 0.05) is 19.0 Å². The lowest BCUT2D eigenvalue weighted by Crippen LogP contribution is -2.30. The van der Waals surface area contributed by atoms with E-state index < -0.39 is 0 Å². The number of nitrogens with zero attached hydrogens (tertiary/aromatic N) is 2. The summed E-state index contributed by atoms with van der Waals surface area (Å²) in [4.78, 5) is 27.4. The Morgan fingerprint density at radius 1 is 1.24 bits per heavy atom. The molecule has 138 valence electrons. The minimum atomic E-state index is -0.0810. The molecule has 0 radical (unpaired) electrons. The van der Waals surface area contributed by atoms with Crippen LogP contribution >= 0.6 is 11.3 Å². The van der Waals surface area contributed by atoms with Crippen molar-refractivity contribution in [1.82, 2.24) is 4.90 Å². The third-order valence-electron chi connectivity index (χ3n) is 4.51. The Balaban J connectivity index is 3.09. The van der Waals surface area contributed by atoms with Gasteiger partial charge in [-0.1, -0.05) is 26.7 Å². The van der Waals surface area contributed by atoms with Gasteiger partial charge in [-0.15, -0.1) is 11.3 Å². The van der Waals surface area contributed by atoms with Crippen LogP contribution in [0.25, 0.3) is 0 Å². The molecule has 5 nitrogen and oxygen atoms in total. The van der Waals surface area contributed by atoms with E-state index >= 15 is 0 Å². The smallest absolute Gasteiger partial charge is 0.264 e. The van der Waals surface area contributed by atoms with Gasteiger partial charge in [0.15, 0.2) is 0 Å². The lowest BCUT2D eigenvalue weighted by Gasteiger charge is -2.17. The van der Waals surface area contributed by atoms with Crippen LogP contribution in [0.1, 0.15) is 74.2 Å². The molecule has 1 atom stereocenters. The predicted molar refractivity (Wildman–Crippen MR) is 103 cm³/mol. The van der Waals surface area contributed by atoms with Crippen LogP contribution in [0.15, 0.2) is 0 Å². The quantitative estimate of drug-likeness (QED) is 0.698. The van der Waals surface area contributed by atoms with Crippen molar-refractivity contribution in [3.63, 3.8) is 0 Å². The average molecular weight is 364 g/mol. The first kappa shape index (κ1) is 21.2. The van der Waals surface area contributed by atoms with Crippen LogP contribution in [0, 0.1) is 24.2 Å². The molecule has 0 aliphatic rings. The Morgan fingerprint density at radius 3 is 2.36 bits per heavy atom. The minimum Gasteiger partial charge on any atom is -0.338 e. The summed E-state index contributed by atoms with van der Waals surface area (Å²) in [5.41, 5.74) is 1.06. The summed E-state index contributed by atoms with van der Waals surface area (Å²) in [5, 5.41) is 12.9. The molecule has 0 saturated carbocycles. The van der Waals surface area contributed by atoms with Gasteiger partial charge in [-0.3, -0.25) is 9.59 Å². The molecule has 1 rings (SSSR count). The molecule has 0 bridgehead atoms. The first-order valence-corrected chi connectivity index (χ1v) is 9.90. The van der Waals surface area contributed by atoms with E-state index in [4.69, 9.17) is 0 Å². The molecule has 2 amide bonds.